The summed E-state index contributed by atoms with van der Waals surface area (Å²) in [4.78, 5) is 26.3. The van der Waals surface area contributed by atoms with E-state index < -0.39 is 17.2 Å². The number of aromatic nitrogens is 1. The van der Waals surface area contributed by atoms with Gasteiger partial charge in [0.15, 0.2) is 0 Å². The van der Waals surface area contributed by atoms with E-state index in [9.17, 15) is 14.7 Å². The van der Waals surface area contributed by atoms with E-state index in [4.69, 9.17) is 0 Å². The Bertz CT molecular complexity index is 1020. The zero-order valence-electron chi connectivity index (χ0n) is 15.2. The summed E-state index contributed by atoms with van der Waals surface area (Å²) < 4.78 is 17.0. The van der Waals surface area contributed by atoms with Crippen molar-refractivity contribution in [2.24, 2.45) is 0 Å². The molecule has 0 amide bonds. The Morgan fingerprint density at radius 2 is 2.00 bits per heavy atom. The molecule has 27 heavy (non-hydrogen) atoms. The number of nitrogens with zero attached hydrogens (tertiary/aromatic N) is 2. The Morgan fingerprint density at radius 1 is 1.33 bits per heavy atom. The number of hydrogen-bond donors (Lipinski definition) is 2. The fourth-order valence-corrected chi connectivity index (χ4v) is 3.87. The lowest BCUT2D eigenvalue weighted by Gasteiger charge is -2.32. The molecule has 2 heterocycles. The van der Waals surface area contributed by atoms with E-state index in [1.54, 1.807) is 6.92 Å². The molecule has 1 aliphatic carbocycles. The first kappa shape index (κ1) is 17.7. The van der Waals surface area contributed by atoms with Crippen LogP contribution in [0.3, 0.4) is 0 Å². The number of benzene rings is 1. The molecule has 1 aliphatic heterocycles. The molecule has 6 nitrogen and oxygen atoms in total. The quantitative estimate of drug-likeness (QED) is 0.864. The van der Waals surface area contributed by atoms with E-state index in [-0.39, 0.29) is 17.0 Å². The first-order valence-corrected chi connectivity index (χ1v) is 9.16. The summed E-state index contributed by atoms with van der Waals surface area (Å²) in [6, 6.07) is 1.33. The second kappa shape index (κ2) is 6.49. The molecule has 0 atom stereocenters. The van der Waals surface area contributed by atoms with E-state index in [0.29, 0.717) is 35.4 Å². The Kier molecular flexibility index (Phi) is 4.26. The van der Waals surface area contributed by atoms with Gasteiger partial charge in [-0.25, -0.2) is 9.18 Å². The molecule has 1 saturated heterocycles. The van der Waals surface area contributed by atoms with Gasteiger partial charge in [0.05, 0.1) is 16.6 Å². The van der Waals surface area contributed by atoms with Crippen molar-refractivity contribution in [3.05, 3.63) is 46.0 Å². The summed E-state index contributed by atoms with van der Waals surface area (Å²) in [5.74, 6) is -1.80. The zero-order valence-corrected chi connectivity index (χ0v) is 15.2. The van der Waals surface area contributed by atoms with Crippen LogP contribution in [-0.2, 0) is 0 Å². The van der Waals surface area contributed by atoms with Gasteiger partial charge in [-0.05, 0) is 31.4 Å². The van der Waals surface area contributed by atoms with Crippen LogP contribution in [0.15, 0.2) is 23.6 Å². The van der Waals surface area contributed by atoms with Gasteiger partial charge in [-0.1, -0.05) is 6.58 Å². The Balaban J connectivity index is 2.11. The van der Waals surface area contributed by atoms with Gasteiger partial charge >= 0.3 is 5.97 Å². The molecular formula is C20H22FN3O3. The fraction of sp³-hybridized carbons (Fsp3) is 0.400. The number of carboxylic acid groups (broad SMARTS) is 1. The van der Waals surface area contributed by atoms with Crippen LogP contribution in [0.1, 0.15) is 41.7 Å². The van der Waals surface area contributed by atoms with Crippen LogP contribution in [0.5, 0.6) is 0 Å². The molecule has 2 N–H and O–H groups in total. The van der Waals surface area contributed by atoms with Gasteiger partial charge in [-0.2, -0.15) is 0 Å². The molecule has 0 spiro atoms. The highest BCUT2D eigenvalue weighted by Crippen LogP contribution is 2.42. The van der Waals surface area contributed by atoms with E-state index in [2.05, 4.69) is 11.9 Å². The summed E-state index contributed by atoms with van der Waals surface area (Å²) in [6.45, 7) is 8.65. The molecule has 0 unspecified atom stereocenters. The van der Waals surface area contributed by atoms with Gasteiger partial charge in [0, 0.05) is 44.0 Å². The van der Waals surface area contributed by atoms with Crippen molar-refractivity contribution < 1.29 is 14.3 Å². The molecule has 7 heteroatoms. The highest BCUT2D eigenvalue weighted by atomic mass is 19.1. The summed E-state index contributed by atoms with van der Waals surface area (Å²) in [5, 5.41) is 12.8. The number of pyridine rings is 1. The van der Waals surface area contributed by atoms with Gasteiger partial charge in [-0.15, -0.1) is 0 Å². The second-order valence-electron chi connectivity index (χ2n) is 7.31. The minimum absolute atomic E-state index is 0.108. The Hall–Kier alpha value is -2.67. The van der Waals surface area contributed by atoms with Crippen LogP contribution in [-0.4, -0.2) is 41.8 Å². The summed E-state index contributed by atoms with van der Waals surface area (Å²) in [6.07, 6.45) is 3.23. The van der Waals surface area contributed by atoms with Crippen molar-refractivity contribution >= 4 is 28.1 Å². The number of hydrogen-bond acceptors (Lipinski definition) is 4. The molecule has 2 aliphatic rings. The van der Waals surface area contributed by atoms with Crippen LogP contribution in [0.4, 0.5) is 10.1 Å². The minimum atomic E-state index is -1.29. The van der Waals surface area contributed by atoms with Crippen LogP contribution < -0.4 is 15.6 Å². The molecule has 142 valence electrons. The number of aromatic carboxylic acids is 1. The largest absolute Gasteiger partial charge is 0.477 e. The third-order valence-electron chi connectivity index (χ3n) is 5.27. The molecule has 1 aromatic heterocycles. The van der Waals surface area contributed by atoms with Crippen LogP contribution >= 0.6 is 0 Å². The normalized spacial score (nSPS) is 17.3. The number of carboxylic acids is 1. The van der Waals surface area contributed by atoms with E-state index in [0.717, 1.165) is 25.9 Å². The van der Waals surface area contributed by atoms with Crippen molar-refractivity contribution in [3.8, 4) is 0 Å². The Labute approximate surface area is 155 Å². The monoisotopic (exact) mass is 371 g/mol. The molecule has 1 saturated carbocycles. The van der Waals surface area contributed by atoms with Crippen LogP contribution in [0, 0.1) is 5.82 Å². The van der Waals surface area contributed by atoms with Crippen LogP contribution in [0.25, 0.3) is 16.5 Å². The highest BCUT2D eigenvalue weighted by molar-refractivity contribution is 6.00. The first-order valence-electron chi connectivity index (χ1n) is 9.16. The minimum Gasteiger partial charge on any atom is -0.477 e. The van der Waals surface area contributed by atoms with Gasteiger partial charge < -0.3 is 19.9 Å². The smallest absolute Gasteiger partial charge is 0.341 e. The number of rotatable bonds is 4. The number of nitrogens with one attached hydrogen (secondary N) is 1. The molecule has 2 aromatic rings. The van der Waals surface area contributed by atoms with Gasteiger partial charge in [0.1, 0.15) is 11.4 Å². The summed E-state index contributed by atoms with van der Waals surface area (Å²) in [7, 11) is 0. The standard InChI is InChI=1S/C20H22FN3O3/c1-11(2)16-17-13(9-15(21)18(16)23-7-5-22-6-8-23)19(25)14(20(26)27)10-24(17)12-3-4-12/h9-10,12,22H,1,3-8H2,2H3,(H,26,27). The first-order chi connectivity index (χ1) is 12.9. The predicted octanol–water partition coefficient (Wildman–Crippen LogP) is 2.62. The SMILES string of the molecule is C=C(C)c1c(N2CCNCC2)c(F)cc2c(=O)c(C(=O)O)cn(C3CC3)c12. The van der Waals surface area contributed by atoms with Crippen molar-refractivity contribution in [1.29, 1.82) is 0 Å². The van der Waals surface area contributed by atoms with E-state index in [1.165, 1.54) is 12.3 Å². The van der Waals surface area contributed by atoms with Crippen molar-refractivity contribution in [3.63, 3.8) is 0 Å². The molecular weight excluding hydrogens is 349 g/mol. The topological polar surface area (TPSA) is 74.6 Å². The molecule has 4 rings (SSSR count). The molecule has 0 radical (unpaired) electrons. The maximum Gasteiger partial charge on any atom is 0.341 e. The Morgan fingerprint density at radius 3 is 2.56 bits per heavy atom. The maximum absolute atomic E-state index is 15.2. The van der Waals surface area contributed by atoms with Gasteiger partial charge in [0.25, 0.3) is 0 Å². The number of piperazine rings is 1. The molecule has 2 fully saturated rings. The number of carbonyl (C=O) groups is 1. The van der Waals surface area contributed by atoms with E-state index in [1.807, 2.05) is 9.47 Å². The molecule has 0 bridgehead atoms. The lowest BCUT2D eigenvalue weighted by Crippen LogP contribution is -2.44. The lowest BCUT2D eigenvalue weighted by molar-refractivity contribution is 0.0695. The number of halogens is 1. The predicted molar refractivity (Wildman–Crippen MR) is 103 cm³/mol. The average molecular weight is 371 g/mol. The third kappa shape index (κ3) is 2.92. The zero-order chi connectivity index (χ0) is 19.3. The average Bonchev–Trinajstić information content (AvgIpc) is 3.46. The van der Waals surface area contributed by atoms with Gasteiger partial charge in [0.2, 0.25) is 5.43 Å². The molecule has 1 aromatic carbocycles. The number of anilines is 1. The number of fused-ring (bicyclic) bond motifs is 1. The number of allylic oxidation sites excluding steroid dienone is 1. The summed E-state index contributed by atoms with van der Waals surface area (Å²) >= 11 is 0. The summed E-state index contributed by atoms with van der Waals surface area (Å²) in [5.41, 5.74) is 1.33. The third-order valence-corrected chi connectivity index (χ3v) is 5.27. The van der Waals surface area contributed by atoms with E-state index >= 15 is 4.39 Å². The lowest BCUT2D eigenvalue weighted by atomic mass is 9.98. The van der Waals surface area contributed by atoms with Crippen molar-refractivity contribution in [2.45, 2.75) is 25.8 Å². The van der Waals surface area contributed by atoms with Crippen molar-refractivity contribution in [2.75, 3.05) is 31.1 Å². The second-order valence-corrected chi connectivity index (χ2v) is 7.31. The van der Waals surface area contributed by atoms with Crippen LogP contribution in [0.2, 0.25) is 0 Å². The van der Waals surface area contributed by atoms with Gasteiger partial charge in [-0.3, -0.25) is 4.79 Å². The highest BCUT2D eigenvalue weighted by Gasteiger charge is 2.31. The van der Waals surface area contributed by atoms with Crippen molar-refractivity contribution in [1.82, 2.24) is 9.88 Å². The fourth-order valence-electron chi connectivity index (χ4n) is 3.87. The maximum atomic E-state index is 15.2.